The van der Waals surface area contributed by atoms with Crippen LogP contribution in [0.5, 0.6) is 5.75 Å². The first-order valence-electron chi connectivity index (χ1n) is 10.6. The molecule has 0 amide bonds. The van der Waals surface area contributed by atoms with E-state index in [1.807, 2.05) is 48.5 Å². The maximum atomic E-state index is 6.13. The van der Waals surface area contributed by atoms with Crippen LogP contribution >= 0.6 is 11.6 Å². The largest absolute Gasteiger partial charge is 0.490 e. The van der Waals surface area contributed by atoms with Crippen molar-refractivity contribution in [3.05, 3.63) is 59.8 Å². The molecule has 0 aliphatic carbocycles. The monoisotopic (exact) mass is 462 g/mol. The number of ether oxygens (including phenoxy) is 1. The normalized spacial score (nSPS) is 14.8. The summed E-state index contributed by atoms with van der Waals surface area (Å²) in [5.74, 6) is 2.12. The van der Waals surface area contributed by atoms with Gasteiger partial charge in [-0.1, -0.05) is 11.6 Å². The number of rotatable bonds is 5. The van der Waals surface area contributed by atoms with Gasteiger partial charge >= 0.3 is 0 Å². The minimum atomic E-state index is 0.118. The van der Waals surface area contributed by atoms with Gasteiger partial charge in [0.05, 0.1) is 6.26 Å². The van der Waals surface area contributed by atoms with E-state index in [2.05, 4.69) is 30.5 Å². The van der Waals surface area contributed by atoms with Crippen LogP contribution in [0.3, 0.4) is 0 Å². The molecule has 0 bridgehead atoms. The van der Waals surface area contributed by atoms with E-state index in [-0.39, 0.29) is 6.10 Å². The van der Waals surface area contributed by atoms with Gasteiger partial charge in [-0.3, -0.25) is 0 Å². The van der Waals surface area contributed by atoms with Crippen molar-refractivity contribution < 1.29 is 13.8 Å². The molecular weight excluding hydrogens is 444 g/mol. The third-order valence-corrected chi connectivity index (χ3v) is 5.92. The van der Waals surface area contributed by atoms with Gasteiger partial charge in [0.15, 0.2) is 11.6 Å². The van der Waals surface area contributed by atoms with Crippen LogP contribution in [0.1, 0.15) is 12.8 Å². The molecule has 1 saturated heterocycles. The topological polar surface area (TPSA) is 102 Å². The third-order valence-electron chi connectivity index (χ3n) is 5.67. The van der Waals surface area contributed by atoms with Gasteiger partial charge in [0.25, 0.3) is 0 Å². The molecule has 1 aliphatic rings. The molecule has 0 atom stereocenters. The summed E-state index contributed by atoms with van der Waals surface area (Å²) in [5.41, 5.74) is 2.42. The number of aromatic nitrogens is 4. The van der Waals surface area contributed by atoms with Crippen LogP contribution in [0, 0.1) is 0 Å². The molecule has 0 radical (unpaired) electrons. The molecule has 0 saturated carbocycles. The van der Waals surface area contributed by atoms with Crippen LogP contribution in [-0.2, 0) is 0 Å². The summed E-state index contributed by atoms with van der Waals surface area (Å²) in [6.07, 6.45) is 3.48. The van der Waals surface area contributed by atoms with Crippen LogP contribution in [0.4, 0.5) is 17.3 Å². The highest BCUT2D eigenvalue weighted by molar-refractivity contribution is 6.30. The lowest BCUT2D eigenvalue weighted by molar-refractivity contribution is 0.171. The lowest BCUT2D eigenvalue weighted by atomic mass is 10.1. The Balaban J connectivity index is 1.23. The molecule has 1 fully saturated rings. The number of nitrogens with zero attached hydrogens (tertiary/aromatic N) is 5. The highest BCUT2D eigenvalue weighted by Crippen LogP contribution is 2.31. The van der Waals surface area contributed by atoms with Gasteiger partial charge in [0, 0.05) is 42.0 Å². The quantitative estimate of drug-likeness (QED) is 0.377. The molecule has 6 rings (SSSR count). The number of furan rings is 1. The summed E-state index contributed by atoms with van der Waals surface area (Å²) < 4.78 is 16.4. The van der Waals surface area contributed by atoms with E-state index in [0.29, 0.717) is 28.0 Å². The Kier molecular flexibility index (Phi) is 4.95. The summed E-state index contributed by atoms with van der Waals surface area (Å²) >= 11 is 5.97. The minimum absolute atomic E-state index is 0.118. The van der Waals surface area contributed by atoms with Crippen molar-refractivity contribution in [1.82, 2.24) is 20.3 Å². The molecule has 1 aliphatic heterocycles. The minimum Gasteiger partial charge on any atom is -0.490 e. The predicted molar refractivity (Wildman–Crippen MR) is 124 cm³/mol. The first kappa shape index (κ1) is 19.8. The Bertz CT molecular complexity index is 1410. The van der Waals surface area contributed by atoms with Gasteiger partial charge in [0.1, 0.15) is 17.4 Å². The fraction of sp³-hybridized carbons (Fsp3) is 0.217. The first-order chi connectivity index (χ1) is 16.2. The van der Waals surface area contributed by atoms with Crippen LogP contribution in [0.25, 0.3) is 22.3 Å². The Morgan fingerprint density at radius 2 is 1.76 bits per heavy atom. The van der Waals surface area contributed by atoms with E-state index >= 15 is 0 Å². The van der Waals surface area contributed by atoms with Gasteiger partial charge in [-0.05, 0) is 58.8 Å². The van der Waals surface area contributed by atoms with Crippen LogP contribution in [0.2, 0.25) is 5.02 Å². The standard InChI is InChI=1S/C23H19ClN6O3/c24-15-1-4-17(5-2-15)32-18-7-10-30(11-8-18)23-22(26-20-21(27-23)29-33-28-20)25-16-3-6-19-14(13-16)9-12-31-19/h1-6,9,12-13,18H,7-8,10-11H2,(H,25,26,28). The maximum absolute atomic E-state index is 6.13. The Hall–Kier alpha value is -3.85. The SMILES string of the molecule is Clc1ccc(OC2CCN(c3nc4nonc4nc3Nc3ccc4occc4c3)CC2)cc1. The second kappa shape index (κ2) is 8.25. The van der Waals surface area contributed by atoms with Crippen LogP contribution in [-0.4, -0.2) is 39.5 Å². The number of hydrogen-bond donors (Lipinski definition) is 1. The number of piperidine rings is 1. The van der Waals surface area contributed by atoms with E-state index in [0.717, 1.165) is 48.3 Å². The van der Waals surface area contributed by atoms with Crippen LogP contribution in [0.15, 0.2) is 63.8 Å². The van der Waals surface area contributed by atoms with Gasteiger partial charge in [0.2, 0.25) is 11.3 Å². The van der Waals surface area contributed by atoms with Crippen molar-refractivity contribution in [3.63, 3.8) is 0 Å². The molecule has 0 spiro atoms. The van der Waals surface area contributed by atoms with Gasteiger partial charge < -0.3 is 19.4 Å². The van der Waals surface area contributed by atoms with E-state index in [1.54, 1.807) is 6.26 Å². The predicted octanol–water partition coefficient (Wildman–Crippen LogP) is 5.20. The third kappa shape index (κ3) is 4.03. The van der Waals surface area contributed by atoms with E-state index in [4.69, 9.17) is 25.4 Å². The van der Waals surface area contributed by atoms with Crippen molar-refractivity contribution in [2.75, 3.05) is 23.3 Å². The molecule has 166 valence electrons. The van der Waals surface area contributed by atoms with Crippen LogP contribution < -0.4 is 15.0 Å². The zero-order valence-corrected chi connectivity index (χ0v) is 18.2. The van der Waals surface area contributed by atoms with Crippen molar-refractivity contribution in [2.24, 2.45) is 0 Å². The second-order valence-electron chi connectivity index (χ2n) is 7.86. The Labute approximate surface area is 193 Å². The second-order valence-corrected chi connectivity index (χ2v) is 8.30. The average Bonchev–Trinajstić information content (AvgIpc) is 3.49. The number of nitrogens with one attached hydrogen (secondary N) is 1. The fourth-order valence-corrected chi connectivity index (χ4v) is 4.13. The Morgan fingerprint density at radius 1 is 0.970 bits per heavy atom. The molecule has 3 aromatic heterocycles. The number of anilines is 3. The zero-order valence-electron chi connectivity index (χ0n) is 17.4. The van der Waals surface area contributed by atoms with E-state index < -0.39 is 0 Å². The average molecular weight is 463 g/mol. The smallest absolute Gasteiger partial charge is 0.245 e. The van der Waals surface area contributed by atoms with Crippen molar-refractivity contribution >= 4 is 51.2 Å². The molecule has 9 nitrogen and oxygen atoms in total. The van der Waals surface area contributed by atoms with Gasteiger partial charge in [-0.25, -0.2) is 14.6 Å². The van der Waals surface area contributed by atoms with Crippen molar-refractivity contribution in [1.29, 1.82) is 0 Å². The summed E-state index contributed by atoms with van der Waals surface area (Å²) in [4.78, 5) is 11.5. The lowest BCUT2D eigenvalue weighted by Gasteiger charge is -2.33. The molecule has 33 heavy (non-hydrogen) atoms. The molecule has 10 heteroatoms. The molecule has 4 heterocycles. The molecule has 2 aromatic carbocycles. The number of halogens is 1. The maximum Gasteiger partial charge on any atom is 0.245 e. The van der Waals surface area contributed by atoms with Crippen molar-refractivity contribution in [3.8, 4) is 5.75 Å². The van der Waals surface area contributed by atoms with E-state index in [1.165, 1.54) is 0 Å². The summed E-state index contributed by atoms with van der Waals surface area (Å²) in [6, 6.07) is 15.2. The number of fused-ring (bicyclic) bond motifs is 2. The Morgan fingerprint density at radius 3 is 2.58 bits per heavy atom. The highest BCUT2D eigenvalue weighted by Gasteiger charge is 2.25. The van der Waals surface area contributed by atoms with E-state index in [9.17, 15) is 0 Å². The molecule has 5 aromatic rings. The first-order valence-corrected chi connectivity index (χ1v) is 11.0. The van der Waals surface area contributed by atoms with Gasteiger partial charge in [-0.2, -0.15) is 0 Å². The van der Waals surface area contributed by atoms with Crippen molar-refractivity contribution in [2.45, 2.75) is 18.9 Å². The molecule has 0 unspecified atom stereocenters. The zero-order chi connectivity index (χ0) is 22.2. The molecule has 1 N–H and O–H groups in total. The molecular formula is C23H19ClN6O3. The van der Waals surface area contributed by atoms with Gasteiger partial charge in [-0.15, -0.1) is 0 Å². The summed E-state index contributed by atoms with van der Waals surface area (Å²) in [5, 5.41) is 12.8. The lowest BCUT2D eigenvalue weighted by Crippen LogP contribution is -2.39. The highest BCUT2D eigenvalue weighted by atomic mass is 35.5. The fourth-order valence-electron chi connectivity index (χ4n) is 4.01. The number of hydrogen-bond acceptors (Lipinski definition) is 9. The summed E-state index contributed by atoms with van der Waals surface area (Å²) in [7, 11) is 0. The number of benzene rings is 2. The summed E-state index contributed by atoms with van der Waals surface area (Å²) in [6.45, 7) is 1.53.